The lowest BCUT2D eigenvalue weighted by molar-refractivity contribution is 0.0686. The van der Waals surface area contributed by atoms with E-state index < -0.39 is 40.6 Å². The van der Waals surface area contributed by atoms with E-state index >= 15 is 0 Å². The van der Waals surface area contributed by atoms with Crippen molar-refractivity contribution < 1.29 is 37.3 Å². The molecule has 3 aromatic carbocycles. The highest BCUT2D eigenvalue weighted by molar-refractivity contribution is 6.04. The van der Waals surface area contributed by atoms with E-state index in [9.17, 15) is 32.6 Å². The number of rotatable bonds is 4. The molecule has 1 aliphatic heterocycles. The number of aromatic nitrogens is 1. The van der Waals surface area contributed by atoms with Crippen molar-refractivity contribution in [2.75, 3.05) is 13.2 Å². The summed E-state index contributed by atoms with van der Waals surface area (Å²) in [6.45, 7) is 2.40. The molecular weight excluding hydrogens is 478 g/mol. The standard InChI is InChI=1S/C27H21F4NO4/c1-13-8-17(2-3-18(13)29)32-21-11-16(28)12-22(33)25(21)23(26(32)14-4-6-36-7-5-14)15-9-19(30)24(27(34)35)20(31)10-15/h2-3,8-12,14,33H,4-7H2,1H3,(H,34,35). The largest absolute Gasteiger partial charge is 0.507 e. The third kappa shape index (κ3) is 3.89. The van der Waals surface area contributed by atoms with Gasteiger partial charge in [0.05, 0.1) is 10.9 Å². The van der Waals surface area contributed by atoms with Gasteiger partial charge in [-0.3, -0.25) is 0 Å². The van der Waals surface area contributed by atoms with Crippen LogP contribution in [0.2, 0.25) is 0 Å². The van der Waals surface area contributed by atoms with E-state index in [4.69, 9.17) is 4.74 Å². The van der Waals surface area contributed by atoms with Gasteiger partial charge >= 0.3 is 5.97 Å². The first kappa shape index (κ1) is 23.9. The highest BCUT2D eigenvalue weighted by atomic mass is 19.1. The van der Waals surface area contributed by atoms with E-state index in [1.54, 1.807) is 17.6 Å². The molecule has 1 aromatic heterocycles. The number of carbonyl (C=O) groups is 1. The molecular formula is C27H21F4NO4. The Morgan fingerprint density at radius 2 is 1.64 bits per heavy atom. The van der Waals surface area contributed by atoms with Crippen molar-refractivity contribution in [2.24, 2.45) is 0 Å². The molecule has 36 heavy (non-hydrogen) atoms. The number of hydrogen-bond donors (Lipinski definition) is 2. The Morgan fingerprint density at radius 1 is 0.972 bits per heavy atom. The monoisotopic (exact) mass is 499 g/mol. The third-order valence-corrected chi connectivity index (χ3v) is 6.60. The molecule has 1 aliphatic rings. The van der Waals surface area contributed by atoms with Crippen LogP contribution in [0.4, 0.5) is 17.6 Å². The Kier molecular flexibility index (Phi) is 5.96. The van der Waals surface area contributed by atoms with Crippen molar-refractivity contribution in [1.82, 2.24) is 4.57 Å². The zero-order valence-electron chi connectivity index (χ0n) is 19.1. The van der Waals surface area contributed by atoms with Gasteiger partial charge in [-0.25, -0.2) is 22.4 Å². The topological polar surface area (TPSA) is 71.7 Å². The molecule has 0 spiro atoms. The Balaban J connectivity index is 1.93. The molecule has 0 radical (unpaired) electrons. The first-order chi connectivity index (χ1) is 17.2. The number of aromatic carboxylic acids is 1. The fraction of sp³-hybridized carbons (Fsp3) is 0.222. The van der Waals surface area contributed by atoms with Crippen molar-refractivity contribution in [3.63, 3.8) is 0 Å². The quantitative estimate of drug-likeness (QED) is 0.316. The third-order valence-electron chi connectivity index (χ3n) is 6.60. The molecule has 186 valence electrons. The van der Waals surface area contributed by atoms with Crippen LogP contribution >= 0.6 is 0 Å². The Morgan fingerprint density at radius 3 is 2.25 bits per heavy atom. The molecule has 0 bridgehead atoms. The summed E-state index contributed by atoms with van der Waals surface area (Å²) in [6.07, 6.45) is 1.07. The van der Waals surface area contributed by atoms with Gasteiger partial charge in [0.1, 0.15) is 34.6 Å². The second kappa shape index (κ2) is 8.98. The predicted molar refractivity (Wildman–Crippen MR) is 125 cm³/mol. The number of aryl methyl sites for hydroxylation is 1. The molecule has 1 fully saturated rings. The summed E-state index contributed by atoms with van der Waals surface area (Å²) in [6, 6.07) is 8.23. The maximum Gasteiger partial charge on any atom is 0.341 e. The van der Waals surface area contributed by atoms with Gasteiger partial charge in [-0.2, -0.15) is 0 Å². The number of fused-ring (bicyclic) bond motifs is 1. The van der Waals surface area contributed by atoms with Crippen LogP contribution in [-0.2, 0) is 4.74 Å². The summed E-state index contributed by atoms with van der Waals surface area (Å²) in [4.78, 5) is 11.3. The van der Waals surface area contributed by atoms with Gasteiger partial charge in [-0.1, -0.05) is 0 Å². The summed E-state index contributed by atoms with van der Waals surface area (Å²) < 4.78 is 65.4. The molecule has 2 heterocycles. The highest BCUT2D eigenvalue weighted by Gasteiger charge is 2.31. The van der Waals surface area contributed by atoms with Crippen molar-refractivity contribution in [3.05, 3.63) is 82.6 Å². The van der Waals surface area contributed by atoms with Crippen LogP contribution in [0.3, 0.4) is 0 Å². The number of ether oxygens (including phenoxy) is 1. The van der Waals surface area contributed by atoms with Gasteiger partial charge in [0.25, 0.3) is 0 Å². The van der Waals surface area contributed by atoms with Crippen LogP contribution in [0.15, 0.2) is 42.5 Å². The highest BCUT2D eigenvalue weighted by Crippen LogP contribution is 2.47. The molecule has 1 saturated heterocycles. The number of carboxylic acids is 1. The number of phenols is 1. The van der Waals surface area contributed by atoms with E-state index in [2.05, 4.69) is 0 Å². The molecule has 9 heteroatoms. The molecule has 2 N–H and O–H groups in total. The van der Waals surface area contributed by atoms with Crippen molar-refractivity contribution >= 4 is 16.9 Å². The maximum atomic E-state index is 14.8. The first-order valence-electron chi connectivity index (χ1n) is 11.3. The van der Waals surface area contributed by atoms with Crippen LogP contribution in [0.5, 0.6) is 5.75 Å². The molecule has 0 saturated carbocycles. The average molecular weight is 499 g/mol. The van der Waals surface area contributed by atoms with E-state index in [1.807, 2.05) is 0 Å². The van der Waals surface area contributed by atoms with Gasteiger partial charge < -0.3 is 19.5 Å². The summed E-state index contributed by atoms with van der Waals surface area (Å²) in [7, 11) is 0. The average Bonchev–Trinajstić information content (AvgIpc) is 3.16. The zero-order valence-corrected chi connectivity index (χ0v) is 19.1. The number of hydrogen-bond acceptors (Lipinski definition) is 3. The number of carboxylic acid groups (broad SMARTS) is 1. The van der Waals surface area contributed by atoms with E-state index in [1.165, 1.54) is 18.2 Å². The molecule has 0 amide bonds. The van der Waals surface area contributed by atoms with Crippen molar-refractivity contribution in [2.45, 2.75) is 25.7 Å². The van der Waals surface area contributed by atoms with Gasteiger partial charge in [0, 0.05) is 42.1 Å². The summed E-state index contributed by atoms with van der Waals surface area (Å²) >= 11 is 0. The van der Waals surface area contributed by atoms with Crippen molar-refractivity contribution in [3.8, 4) is 22.6 Å². The second-order valence-corrected chi connectivity index (χ2v) is 8.85. The lowest BCUT2D eigenvalue weighted by atomic mass is 9.89. The van der Waals surface area contributed by atoms with Gasteiger partial charge in [-0.05, 0) is 67.3 Å². The molecule has 0 unspecified atom stereocenters. The first-order valence-corrected chi connectivity index (χ1v) is 11.3. The normalized spacial score (nSPS) is 14.5. The fourth-order valence-corrected chi connectivity index (χ4v) is 5.00. The lowest BCUT2D eigenvalue weighted by Gasteiger charge is -2.26. The van der Waals surface area contributed by atoms with Gasteiger partial charge in [-0.15, -0.1) is 0 Å². The van der Waals surface area contributed by atoms with Crippen LogP contribution in [0.25, 0.3) is 27.7 Å². The Bertz CT molecular complexity index is 1500. The minimum Gasteiger partial charge on any atom is -0.507 e. The molecule has 5 nitrogen and oxygen atoms in total. The Labute approximate surface area is 203 Å². The number of phenolic OH excluding ortho intramolecular Hbond substituents is 1. The summed E-state index contributed by atoms with van der Waals surface area (Å²) in [5, 5.41) is 20.2. The number of benzene rings is 3. The number of aromatic hydroxyl groups is 1. The van der Waals surface area contributed by atoms with Crippen LogP contribution in [0.1, 0.15) is 40.4 Å². The van der Waals surface area contributed by atoms with Gasteiger partial charge in [0.15, 0.2) is 0 Å². The number of nitrogens with zero attached hydrogens (tertiary/aromatic N) is 1. The molecule has 0 aliphatic carbocycles. The lowest BCUT2D eigenvalue weighted by Crippen LogP contribution is -2.17. The van der Waals surface area contributed by atoms with Crippen molar-refractivity contribution in [1.29, 1.82) is 0 Å². The zero-order chi connectivity index (χ0) is 25.7. The molecule has 5 rings (SSSR count). The molecule has 4 aromatic rings. The van der Waals surface area contributed by atoms with Crippen LogP contribution < -0.4 is 0 Å². The fourth-order valence-electron chi connectivity index (χ4n) is 5.00. The minimum absolute atomic E-state index is 0.0130. The predicted octanol–water partition coefficient (Wildman–Crippen LogP) is 6.46. The Hall–Kier alpha value is -3.85. The van der Waals surface area contributed by atoms with Gasteiger partial charge in [0.2, 0.25) is 0 Å². The van der Waals surface area contributed by atoms with Crippen LogP contribution in [0, 0.1) is 30.2 Å². The molecule has 0 atom stereocenters. The maximum absolute atomic E-state index is 14.8. The van der Waals surface area contributed by atoms with E-state index in [-0.39, 0.29) is 27.9 Å². The van der Waals surface area contributed by atoms with Crippen LogP contribution in [-0.4, -0.2) is 34.0 Å². The second-order valence-electron chi connectivity index (χ2n) is 8.85. The SMILES string of the molecule is Cc1cc(-n2c(C3CCOCC3)c(-c3cc(F)c(C(=O)O)c(F)c3)c3c(O)cc(F)cc32)ccc1F. The smallest absolute Gasteiger partial charge is 0.341 e. The van der Waals surface area contributed by atoms with E-state index in [0.717, 1.165) is 18.2 Å². The minimum atomic E-state index is -1.75. The summed E-state index contributed by atoms with van der Waals surface area (Å²) in [5.74, 6) is -6.17. The van der Waals surface area contributed by atoms with E-state index in [0.29, 0.717) is 43.0 Å². The number of halogens is 4. The summed E-state index contributed by atoms with van der Waals surface area (Å²) in [5.41, 5.74) is 0.684.